The normalized spacial score (nSPS) is 17.6. The molecule has 1 saturated heterocycles. The summed E-state index contributed by atoms with van der Waals surface area (Å²) in [4.78, 5) is 13.7. The van der Waals surface area contributed by atoms with Gasteiger partial charge in [-0.05, 0) is 6.07 Å². The van der Waals surface area contributed by atoms with Crippen LogP contribution in [0.15, 0.2) is 24.7 Å². The topological polar surface area (TPSA) is 60.4 Å². The highest BCUT2D eigenvalue weighted by molar-refractivity contribution is 6.33. The van der Waals surface area contributed by atoms with Crippen LogP contribution in [-0.2, 0) is 6.18 Å². The smallest absolute Gasteiger partial charge is 0.417 e. The lowest BCUT2D eigenvalue weighted by molar-refractivity contribution is -0.137. The van der Waals surface area contributed by atoms with Crippen molar-refractivity contribution in [2.75, 3.05) is 25.1 Å². The van der Waals surface area contributed by atoms with Crippen LogP contribution in [0, 0.1) is 0 Å². The molecule has 2 aromatic rings. The lowest BCUT2D eigenvalue weighted by Gasteiger charge is -2.19. The minimum atomic E-state index is -4.47. The first-order valence-corrected chi connectivity index (χ1v) is 7.75. The van der Waals surface area contributed by atoms with E-state index in [0.29, 0.717) is 31.1 Å². The highest BCUT2D eigenvalue weighted by atomic mass is 35.5. The Morgan fingerprint density at radius 1 is 1.20 bits per heavy atom. The fourth-order valence-corrected chi connectivity index (χ4v) is 2.74. The van der Waals surface area contributed by atoms with Gasteiger partial charge in [-0.2, -0.15) is 23.1 Å². The molecule has 0 amide bonds. The van der Waals surface area contributed by atoms with Crippen molar-refractivity contribution in [3.05, 3.63) is 35.2 Å². The Hall–Kier alpha value is -2.29. The van der Waals surface area contributed by atoms with Crippen LogP contribution < -0.4 is 14.4 Å². The molecule has 1 fully saturated rings. The van der Waals surface area contributed by atoms with E-state index in [2.05, 4.69) is 15.0 Å². The van der Waals surface area contributed by atoms with E-state index in [1.807, 2.05) is 0 Å². The fraction of sp³-hybridized carbons (Fsp3) is 0.400. The average molecular weight is 375 g/mol. The number of ether oxygens (including phenoxy) is 2. The highest BCUT2D eigenvalue weighted by Gasteiger charge is 2.33. The van der Waals surface area contributed by atoms with Crippen LogP contribution in [0.2, 0.25) is 5.02 Å². The Kier molecular flexibility index (Phi) is 4.85. The Labute approximate surface area is 146 Å². The second-order valence-corrected chi connectivity index (χ2v) is 5.81. The van der Waals surface area contributed by atoms with Crippen LogP contribution >= 0.6 is 11.6 Å². The number of hydrogen-bond donors (Lipinski definition) is 0. The van der Waals surface area contributed by atoms with Crippen molar-refractivity contribution >= 4 is 17.4 Å². The van der Waals surface area contributed by atoms with Crippen molar-refractivity contribution in [1.29, 1.82) is 0 Å². The molecule has 0 spiro atoms. The van der Waals surface area contributed by atoms with Crippen LogP contribution in [0.3, 0.4) is 0 Å². The number of rotatable bonds is 4. The largest absolute Gasteiger partial charge is 0.494 e. The van der Waals surface area contributed by atoms with Gasteiger partial charge in [0.05, 0.1) is 36.6 Å². The van der Waals surface area contributed by atoms with Crippen molar-refractivity contribution in [3.63, 3.8) is 0 Å². The maximum absolute atomic E-state index is 12.7. The maximum atomic E-state index is 12.7. The average Bonchev–Trinajstić information content (AvgIpc) is 3.03. The summed E-state index contributed by atoms with van der Waals surface area (Å²) in [6.45, 7) is 0.979. The Morgan fingerprint density at radius 3 is 2.52 bits per heavy atom. The zero-order valence-corrected chi connectivity index (χ0v) is 13.9. The summed E-state index contributed by atoms with van der Waals surface area (Å²) in [7, 11) is 1.51. The van der Waals surface area contributed by atoms with Gasteiger partial charge in [-0.1, -0.05) is 11.6 Å². The SMILES string of the molecule is COc1cnc(OC2CCN(c3ncc(C(F)(F)F)cc3Cl)C2)nc1. The van der Waals surface area contributed by atoms with E-state index < -0.39 is 11.7 Å². The first-order valence-electron chi connectivity index (χ1n) is 7.37. The molecule has 3 heterocycles. The maximum Gasteiger partial charge on any atom is 0.417 e. The van der Waals surface area contributed by atoms with E-state index in [9.17, 15) is 13.2 Å². The number of anilines is 1. The van der Waals surface area contributed by atoms with Gasteiger partial charge in [0.25, 0.3) is 0 Å². The predicted molar refractivity (Wildman–Crippen MR) is 84.1 cm³/mol. The molecule has 0 aromatic carbocycles. The summed E-state index contributed by atoms with van der Waals surface area (Å²) < 4.78 is 48.7. The predicted octanol–water partition coefficient (Wildman–Crippen LogP) is 3.21. The van der Waals surface area contributed by atoms with Crippen molar-refractivity contribution in [2.45, 2.75) is 18.7 Å². The Balaban J connectivity index is 1.66. The minimum Gasteiger partial charge on any atom is -0.494 e. The molecule has 1 aliphatic rings. The summed E-state index contributed by atoms with van der Waals surface area (Å²) in [5, 5.41) is -0.0452. The van der Waals surface area contributed by atoms with E-state index >= 15 is 0 Å². The van der Waals surface area contributed by atoms with Gasteiger partial charge in [-0.15, -0.1) is 0 Å². The molecular formula is C15H14ClF3N4O2. The monoisotopic (exact) mass is 374 g/mol. The molecule has 1 atom stereocenters. The molecular weight excluding hydrogens is 361 g/mol. The molecule has 2 aromatic heterocycles. The van der Waals surface area contributed by atoms with Gasteiger partial charge in [0, 0.05) is 19.2 Å². The first kappa shape index (κ1) is 17.5. The van der Waals surface area contributed by atoms with Gasteiger partial charge in [-0.25, -0.2) is 4.98 Å². The quantitative estimate of drug-likeness (QED) is 0.819. The van der Waals surface area contributed by atoms with Gasteiger partial charge >= 0.3 is 12.2 Å². The standard InChI is InChI=1S/C15H14ClF3N4O2/c1-24-11-6-21-14(22-7-11)25-10-2-3-23(8-10)13-12(16)4-9(5-20-13)15(17,18)19/h4-7,10H,2-3,8H2,1H3. The van der Waals surface area contributed by atoms with E-state index in [1.165, 1.54) is 19.5 Å². The van der Waals surface area contributed by atoms with Gasteiger partial charge < -0.3 is 14.4 Å². The van der Waals surface area contributed by atoms with Crippen LogP contribution in [-0.4, -0.2) is 41.3 Å². The number of hydrogen-bond acceptors (Lipinski definition) is 6. The van der Waals surface area contributed by atoms with Gasteiger partial charge in [0.2, 0.25) is 0 Å². The lowest BCUT2D eigenvalue weighted by Crippen LogP contribution is -2.26. The van der Waals surface area contributed by atoms with E-state index in [4.69, 9.17) is 21.1 Å². The number of halogens is 4. The molecule has 6 nitrogen and oxygen atoms in total. The van der Waals surface area contributed by atoms with Crippen molar-refractivity contribution in [1.82, 2.24) is 15.0 Å². The highest BCUT2D eigenvalue weighted by Crippen LogP contribution is 2.34. The summed E-state index contributed by atoms with van der Waals surface area (Å²) in [6.07, 6.45) is -0.283. The summed E-state index contributed by atoms with van der Waals surface area (Å²) >= 11 is 5.97. The molecule has 0 radical (unpaired) electrons. The zero-order chi connectivity index (χ0) is 18.0. The molecule has 0 bridgehead atoms. The molecule has 0 saturated carbocycles. The fourth-order valence-electron chi connectivity index (χ4n) is 2.45. The molecule has 10 heteroatoms. The van der Waals surface area contributed by atoms with Crippen molar-refractivity contribution in [3.8, 4) is 11.8 Å². The molecule has 0 aliphatic carbocycles. The minimum absolute atomic E-state index is 0.0452. The molecule has 25 heavy (non-hydrogen) atoms. The number of aromatic nitrogens is 3. The van der Waals surface area contributed by atoms with Crippen molar-refractivity contribution in [2.24, 2.45) is 0 Å². The van der Waals surface area contributed by atoms with E-state index in [-0.39, 0.29) is 17.1 Å². The third-order valence-corrected chi connectivity index (χ3v) is 3.98. The number of alkyl halides is 3. The second-order valence-electron chi connectivity index (χ2n) is 5.41. The van der Waals surface area contributed by atoms with Gasteiger partial charge in [0.1, 0.15) is 11.9 Å². The Bertz CT molecular complexity index is 743. The molecule has 1 unspecified atom stereocenters. The number of methoxy groups -OCH3 is 1. The van der Waals surface area contributed by atoms with Crippen LogP contribution in [0.5, 0.6) is 11.8 Å². The first-order chi connectivity index (χ1) is 11.9. The van der Waals surface area contributed by atoms with Crippen molar-refractivity contribution < 1.29 is 22.6 Å². The molecule has 0 N–H and O–H groups in total. The van der Waals surface area contributed by atoms with E-state index in [1.54, 1.807) is 4.90 Å². The number of nitrogens with zero attached hydrogens (tertiary/aromatic N) is 4. The Morgan fingerprint density at radius 2 is 1.92 bits per heavy atom. The second kappa shape index (κ2) is 6.91. The van der Waals surface area contributed by atoms with Crippen LogP contribution in [0.1, 0.15) is 12.0 Å². The summed E-state index contributed by atoms with van der Waals surface area (Å²) in [6, 6.07) is 1.09. The lowest BCUT2D eigenvalue weighted by atomic mass is 10.2. The van der Waals surface area contributed by atoms with Crippen LogP contribution in [0.25, 0.3) is 0 Å². The molecule has 1 aliphatic heterocycles. The number of pyridine rings is 1. The molecule has 134 valence electrons. The van der Waals surface area contributed by atoms with E-state index in [0.717, 1.165) is 12.3 Å². The van der Waals surface area contributed by atoms with Crippen LogP contribution in [0.4, 0.5) is 19.0 Å². The van der Waals surface area contributed by atoms with Gasteiger partial charge in [-0.3, -0.25) is 0 Å². The molecule has 3 rings (SSSR count). The summed E-state index contributed by atoms with van der Waals surface area (Å²) in [5.74, 6) is 0.817. The third kappa shape index (κ3) is 4.04. The summed E-state index contributed by atoms with van der Waals surface area (Å²) in [5.41, 5.74) is -0.875. The zero-order valence-electron chi connectivity index (χ0n) is 13.1. The third-order valence-electron chi connectivity index (χ3n) is 3.71. The van der Waals surface area contributed by atoms with Gasteiger partial charge in [0.15, 0.2) is 5.75 Å².